The van der Waals surface area contributed by atoms with E-state index in [9.17, 15) is 9.59 Å². The third kappa shape index (κ3) is 3.19. The van der Waals surface area contributed by atoms with Crippen molar-refractivity contribution >= 4 is 12.3 Å². The molecule has 0 unspecified atom stereocenters. The number of carbonyl (C=O) groups is 2. The van der Waals surface area contributed by atoms with Crippen LogP contribution in [0.5, 0.6) is 0 Å². The van der Waals surface area contributed by atoms with Crippen molar-refractivity contribution in [3.05, 3.63) is 35.4 Å². The fourth-order valence-corrected chi connectivity index (χ4v) is 1.48. The topological polar surface area (TPSA) is 54.4 Å². The minimum atomic E-state index is -0.801. The van der Waals surface area contributed by atoms with Gasteiger partial charge in [0, 0.05) is 6.42 Å². The van der Waals surface area contributed by atoms with E-state index >= 15 is 0 Å². The molecule has 0 aliphatic rings. The molecule has 0 saturated heterocycles. The first kappa shape index (κ1) is 12.4. The zero-order chi connectivity index (χ0) is 12.2. The highest BCUT2D eigenvalue weighted by Gasteiger charge is 2.27. The quantitative estimate of drug-likeness (QED) is 0.773. The van der Waals surface area contributed by atoms with Crippen molar-refractivity contribution in [3.8, 4) is 0 Å². The Labute approximate surface area is 95.1 Å². The lowest BCUT2D eigenvalue weighted by atomic mass is 9.86. The van der Waals surface area contributed by atoms with Crippen LogP contribution in [0, 0.1) is 5.41 Å². The van der Waals surface area contributed by atoms with E-state index in [0.717, 1.165) is 17.4 Å². The second-order valence-electron chi connectivity index (χ2n) is 4.55. The van der Waals surface area contributed by atoms with Gasteiger partial charge in [0.05, 0.1) is 5.41 Å². The number of carboxylic acid groups (broad SMARTS) is 1. The Balaban J connectivity index is 2.75. The molecule has 0 aliphatic heterocycles. The molecule has 0 heterocycles. The summed E-state index contributed by atoms with van der Waals surface area (Å²) in [4.78, 5) is 21.2. The van der Waals surface area contributed by atoms with Crippen molar-refractivity contribution in [2.75, 3.05) is 0 Å². The lowest BCUT2D eigenvalue weighted by Gasteiger charge is -2.18. The highest BCUT2D eigenvalue weighted by molar-refractivity contribution is 5.74. The second-order valence-corrected chi connectivity index (χ2v) is 4.55. The van der Waals surface area contributed by atoms with Gasteiger partial charge < -0.3 is 9.90 Å². The molecule has 0 amide bonds. The molecule has 1 aromatic carbocycles. The third-order valence-corrected chi connectivity index (χ3v) is 2.57. The largest absolute Gasteiger partial charge is 0.481 e. The minimum Gasteiger partial charge on any atom is -0.481 e. The van der Waals surface area contributed by atoms with Gasteiger partial charge in [-0.2, -0.15) is 0 Å². The van der Waals surface area contributed by atoms with Gasteiger partial charge in [-0.25, -0.2) is 0 Å². The molecule has 1 rings (SSSR count). The lowest BCUT2D eigenvalue weighted by molar-refractivity contribution is -0.146. The Morgan fingerprint density at radius 1 is 1.25 bits per heavy atom. The predicted molar refractivity (Wildman–Crippen MR) is 61.3 cm³/mol. The van der Waals surface area contributed by atoms with E-state index in [4.69, 9.17) is 5.11 Å². The maximum Gasteiger partial charge on any atom is 0.309 e. The van der Waals surface area contributed by atoms with E-state index in [1.807, 2.05) is 24.3 Å². The summed E-state index contributed by atoms with van der Waals surface area (Å²) in [6.45, 7) is 3.41. The van der Waals surface area contributed by atoms with Crippen molar-refractivity contribution in [1.82, 2.24) is 0 Å². The van der Waals surface area contributed by atoms with Gasteiger partial charge in [0.25, 0.3) is 0 Å². The molecule has 0 saturated carbocycles. The standard InChI is InChI=1S/C13H16O3/c1-13(2,12(15)16)9-11-5-3-10(4-6-11)7-8-14/h3-6,8H,7,9H2,1-2H3,(H,15,16). The highest BCUT2D eigenvalue weighted by Crippen LogP contribution is 2.22. The third-order valence-electron chi connectivity index (χ3n) is 2.57. The van der Waals surface area contributed by atoms with Crippen molar-refractivity contribution in [2.24, 2.45) is 5.41 Å². The summed E-state index contributed by atoms with van der Waals surface area (Å²) in [6.07, 6.45) is 1.75. The van der Waals surface area contributed by atoms with E-state index in [2.05, 4.69) is 0 Å². The number of carbonyl (C=O) groups excluding carboxylic acids is 1. The molecule has 0 bridgehead atoms. The van der Waals surface area contributed by atoms with Crippen LogP contribution in [0.4, 0.5) is 0 Å². The molecule has 0 spiro atoms. The Bertz CT molecular complexity index is 377. The monoisotopic (exact) mass is 220 g/mol. The van der Waals surface area contributed by atoms with Crippen LogP contribution in [0.3, 0.4) is 0 Å². The van der Waals surface area contributed by atoms with Crippen molar-refractivity contribution in [3.63, 3.8) is 0 Å². The number of carboxylic acids is 1. The smallest absolute Gasteiger partial charge is 0.309 e. The molecular formula is C13H16O3. The fourth-order valence-electron chi connectivity index (χ4n) is 1.48. The van der Waals surface area contributed by atoms with Gasteiger partial charge in [-0.15, -0.1) is 0 Å². The van der Waals surface area contributed by atoms with Crippen LogP contribution in [0.2, 0.25) is 0 Å². The number of benzene rings is 1. The van der Waals surface area contributed by atoms with Gasteiger partial charge in [0.1, 0.15) is 6.29 Å². The zero-order valence-corrected chi connectivity index (χ0v) is 9.56. The van der Waals surface area contributed by atoms with Crippen molar-refractivity contribution in [1.29, 1.82) is 0 Å². The minimum absolute atomic E-state index is 0.405. The molecule has 0 aromatic heterocycles. The molecule has 86 valence electrons. The average Bonchev–Trinajstić information content (AvgIpc) is 2.21. The van der Waals surface area contributed by atoms with Gasteiger partial charge >= 0.3 is 5.97 Å². The second kappa shape index (κ2) is 4.92. The van der Waals surface area contributed by atoms with E-state index in [1.165, 1.54) is 0 Å². The summed E-state index contributed by atoms with van der Waals surface area (Å²) in [5.74, 6) is -0.801. The Morgan fingerprint density at radius 3 is 2.19 bits per heavy atom. The van der Waals surface area contributed by atoms with Gasteiger partial charge in [0.15, 0.2) is 0 Å². The molecule has 1 aromatic rings. The SMILES string of the molecule is CC(C)(Cc1ccc(CC=O)cc1)C(=O)O. The van der Waals surface area contributed by atoms with Crippen LogP contribution >= 0.6 is 0 Å². The van der Waals surface area contributed by atoms with Crippen molar-refractivity contribution in [2.45, 2.75) is 26.7 Å². The zero-order valence-electron chi connectivity index (χ0n) is 9.56. The molecule has 0 radical (unpaired) electrons. The summed E-state index contributed by atoms with van der Waals surface area (Å²) in [5, 5.41) is 9.00. The van der Waals surface area contributed by atoms with Crippen LogP contribution in [-0.4, -0.2) is 17.4 Å². The number of rotatable bonds is 5. The Hall–Kier alpha value is -1.64. The summed E-state index contributed by atoms with van der Waals surface area (Å²) < 4.78 is 0. The van der Waals surface area contributed by atoms with E-state index in [-0.39, 0.29) is 0 Å². The molecule has 1 N–H and O–H groups in total. The van der Waals surface area contributed by atoms with Crippen molar-refractivity contribution < 1.29 is 14.7 Å². The molecule has 0 atom stereocenters. The first-order chi connectivity index (χ1) is 7.45. The highest BCUT2D eigenvalue weighted by atomic mass is 16.4. The summed E-state index contributed by atoms with van der Waals surface area (Å²) in [6, 6.07) is 7.48. The Morgan fingerprint density at radius 2 is 1.75 bits per heavy atom. The van der Waals surface area contributed by atoms with Crippen LogP contribution in [0.15, 0.2) is 24.3 Å². The van der Waals surface area contributed by atoms with Crippen LogP contribution in [-0.2, 0) is 22.4 Å². The molecule has 3 heteroatoms. The molecular weight excluding hydrogens is 204 g/mol. The van der Waals surface area contributed by atoms with Gasteiger partial charge in [-0.3, -0.25) is 4.79 Å². The van der Waals surface area contributed by atoms with Crippen LogP contribution < -0.4 is 0 Å². The molecule has 0 fully saturated rings. The number of aldehydes is 1. The number of hydrogen-bond acceptors (Lipinski definition) is 2. The van der Waals surface area contributed by atoms with Gasteiger partial charge in [-0.1, -0.05) is 24.3 Å². The van der Waals surface area contributed by atoms with E-state index in [0.29, 0.717) is 12.8 Å². The van der Waals surface area contributed by atoms with E-state index in [1.54, 1.807) is 13.8 Å². The maximum atomic E-state index is 10.9. The summed E-state index contributed by atoms with van der Waals surface area (Å²) >= 11 is 0. The maximum absolute atomic E-state index is 10.9. The number of hydrogen-bond donors (Lipinski definition) is 1. The van der Waals surface area contributed by atoms with Crippen LogP contribution in [0.25, 0.3) is 0 Å². The van der Waals surface area contributed by atoms with Crippen LogP contribution in [0.1, 0.15) is 25.0 Å². The summed E-state index contributed by atoms with van der Waals surface area (Å²) in [5.41, 5.74) is 1.17. The normalized spacial score (nSPS) is 11.1. The lowest BCUT2D eigenvalue weighted by Crippen LogP contribution is -2.26. The van der Waals surface area contributed by atoms with Gasteiger partial charge in [-0.05, 0) is 31.4 Å². The first-order valence-electron chi connectivity index (χ1n) is 5.20. The molecule has 3 nitrogen and oxygen atoms in total. The first-order valence-corrected chi connectivity index (χ1v) is 5.20. The predicted octanol–water partition coefficient (Wildman–Crippen LogP) is 2.08. The van der Waals surface area contributed by atoms with E-state index < -0.39 is 11.4 Å². The molecule has 0 aliphatic carbocycles. The Kier molecular flexibility index (Phi) is 3.82. The number of aliphatic carboxylic acids is 1. The fraction of sp³-hybridized carbons (Fsp3) is 0.385. The average molecular weight is 220 g/mol. The van der Waals surface area contributed by atoms with Gasteiger partial charge in [0.2, 0.25) is 0 Å². The summed E-state index contributed by atoms with van der Waals surface area (Å²) in [7, 11) is 0. The molecule has 16 heavy (non-hydrogen) atoms.